The fourth-order valence-corrected chi connectivity index (χ4v) is 5.06. The maximum absolute atomic E-state index is 10.4. The van der Waals surface area contributed by atoms with Crippen molar-refractivity contribution in [2.45, 2.75) is 33.0 Å². The van der Waals surface area contributed by atoms with Crippen molar-refractivity contribution in [1.82, 2.24) is 4.90 Å². The third-order valence-electron chi connectivity index (χ3n) is 7.31. The maximum atomic E-state index is 10.4. The molecule has 0 saturated carbocycles. The molecule has 3 N–H and O–H groups in total. The summed E-state index contributed by atoms with van der Waals surface area (Å²) in [6.45, 7) is 7.93. The van der Waals surface area contributed by atoms with Gasteiger partial charge in [0.25, 0.3) is 0 Å². The highest BCUT2D eigenvalue weighted by molar-refractivity contribution is 5.96. The summed E-state index contributed by atoms with van der Waals surface area (Å²) in [5, 5.41) is 30.0. The molecule has 0 aromatic heterocycles. The second-order valence-corrected chi connectivity index (χ2v) is 9.67. The monoisotopic (exact) mass is 487 g/mol. The SMILES string of the molecule is CCC1CN(CCOc2ccc([C@@H]3Oc4ccc(O)cc4C(C)=C3c3ccc(CO)c(O)c3)cc2)C1. The Bertz CT molecular complexity index is 1260. The Balaban J connectivity index is 1.40. The van der Waals surface area contributed by atoms with Gasteiger partial charge in [0.05, 0.1) is 6.61 Å². The molecule has 2 aliphatic heterocycles. The first-order valence-electron chi connectivity index (χ1n) is 12.6. The zero-order valence-electron chi connectivity index (χ0n) is 20.8. The second kappa shape index (κ2) is 10.2. The minimum atomic E-state index is -0.414. The van der Waals surface area contributed by atoms with E-state index in [1.54, 1.807) is 30.3 Å². The number of phenolic OH excluding ortho intramolecular Hbond substituents is 1. The van der Waals surface area contributed by atoms with Crippen LogP contribution in [0.1, 0.15) is 48.6 Å². The van der Waals surface area contributed by atoms with Crippen LogP contribution in [0.3, 0.4) is 0 Å². The van der Waals surface area contributed by atoms with Crippen LogP contribution in [0.25, 0.3) is 11.1 Å². The van der Waals surface area contributed by atoms with Crippen molar-refractivity contribution in [2.24, 2.45) is 5.92 Å². The van der Waals surface area contributed by atoms with E-state index in [2.05, 4.69) is 11.8 Å². The molecule has 0 amide bonds. The minimum absolute atomic E-state index is 0.0342. The van der Waals surface area contributed by atoms with E-state index in [0.717, 1.165) is 46.0 Å². The molecule has 36 heavy (non-hydrogen) atoms. The zero-order valence-corrected chi connectivity index (χ0v) is 20.8. The van der Waals surface area contributed by atoms with Crippen molar-refractivity contribution in [3.8, 4) is 23.0 Å². The molecule has 5 rings (SSSR count). The van der Waals surface area contributed by atoms with Crippen LogP contribution in [0.4, 0.5) is 0 Å². The Morgan fingerprint density at radius 1 is 1.00 bits per heavy atom. The summed E-state index contributed by atoms with van der Waals surface area (Å²) in [7, 11) is 0. The second-order valence-electron chi connectivity index (χ2n) is 9.67. The van der Waals surface area contributed by atoms with E-state index in [4.69, 9.17) is 9.47 Å². The van der Waals surface area contributed by atoms with Crippen LogP contribution in [0.15, 0.2) is 60.7 Å². The van der Waals surface area contributed by atoms with Crippen molar-refractivity contribution in [2.75, 3.05) is 26.2 Å². The Labute approximate surface area is 212 Å². The van der Waals surface area contributed by atoms with E-state index in [1.807, 2.05) is 37.3 Å². The molecule has 0 radical (unpaired) electrons. The lowest BCUT2D eigenvalue weighted by molar-refractivity contribution is 0.0806. The van der Waals surface area contributed by atoms with Gasteiger partial charge in [0, 0.05) is 36.3 Å². The molecule has 0 bridgehead atoms. The molecule has 2 aliphatic rings. The van der Waals surface area contributed by atoms with Gasteiger partial charge in [0.15, 0.2) is 0 Å². The third-order valence-corrected chi connectivity index (χ3v) is 7.31. The molecular formula is C30H33NO5. The van der Waals surface area contributed by atoms with Gasteiger partial charge < -0.3 is 24.8 Å². The average Bonchev–Trinajstić information content (AvgIpc) is 2.86. The van der Waals surface area contributed by atoms with Gasteiger partial charge in [-0.05, 0) is 65.9 Å². The van der Waals surface area contributed by atoms with Crippen molar-refractivity contribution in [3.63, 3.8) is 0 Å². The Morgan fingerprint density at radius 2 is 1.78 bits per heavy atom. The molecule has 1 fully saturated rings. The average molecular weight is 488 g/mol. The fourth-order valence-electron chi connectivity index (χ4n) is 5.06. The highest BCUT2D eigenvalue weighted by Crippen LogP contribution is 2.48. The first-order chi connectivity index (χ1) is 17.5. The molecule has 1 atom stereocenters. The molecule has 2 heterocycles. The smallest absolute Gasteiger partial charge is 0.150 e. The molecule has 0 spiro atoms. The highest BCUT2D eigenvalue weighted by Gasteiger charge is 2.30. The summed E-state index contributed by atoms with van der Waals surface area (Å²) in [6.07, 6.45) is 0.831. The number of allylic oxidation sites excluding steroid dienone is 1. The number of hydrogen-bond acceptors (Lipinski definition) is 6. The molecule has 0 aliphatic carbocycles. The fraction of sp³-hybridized carbons (Fsp3) is 0.333. The predicted molar refractivity (Wildman–Crippen MR) is 140 cm³/mol. The van der Waals surface area contributed by atoms with E-state index in [9.17, 15) is 15.3 Å². The van der Waals surface area contributed by atoms with Gasteiger partial charge >= 0.3 is 0 Å². The number of benzene rings is 3. The van der Waals surface area contributed by atoms with Crippen LogP contribution in [-0.2, 0) is 6.61 Å². The van der Waals surface area contributed by atoms with Crippen molar-refractivity contribution < 1.29 is 24.8 Å². The lowest BCUT2D eigenvalue weighted by atomic mass is 9.85. The number of aromatic hydroxyl groups is 2. The molecule has 1 saturated heterocycles. The van der Waals surface area contributed by atoms with Gasteiger partial charge in [-0.25, -0.2) is 0 Å². The summed E-state index contributed by atoms with van der Waals surface area (Å²) in [5.74, 6) is 2.54. The topological polar surface area (TPSA) is 82.4 Å². The summed E-state index contributed by atoms with van der Waals surface area (Å²) < 4.78 is 12.4. The highest BCUT2D eigenvalue weighted by atomic mass is 16.5. The summed E-state index contributed by atoms with van der Waals surface area (Å²) in [5.41, 5.74) is 4.87. The van der Waals surface area contributed by atoms with Gasteiger partial charge in [0.1, 0.15) is 35.7 Å². The van der Waals surface area contributed by atoms with Crippen LogP contribution >= 0.6 is 0 Å². The molecule has 0 unspecified atom stereocenters. The van der Waals surface area contributed by atoms with E-state index >= 15 is 0 Å². The first-order valence-corrected chi connectivity index (χ1v) is 12.6. The Hall–Kier alpha value is -3.48. The first kappa shape index (κ1) is 24.2. The van der Waals surface area contributed by atoms with Crippen molar-refractivity contribution in [3.05, 3.63) is 82.9 Å². The number of phenols is 2. The summed E-state index contributed by atoms with van der Waals surface area (Å²) in [4.78, 5) is 2.42. The number of fused-ring (bicyclic) bond motifs is 1. The molecule has 3 aromatic carbocycles. The van der Waals surface area contributed by atoms with E-state index < -0.39 is 6.10 Å². The van der Waals surface area contributed by atoms with E-state index in [-0.39, 0.29) is 18.1 Å². The zero-order chi connectivity index (χ0) is 25.2. The lowest BCUT2D eigenvalue weighted by Crippen LogP contribution is -2.47. The van der Waals surface area contributed by atoms with Gasteiger partial charge in [-0.2, -0.15) is 0 Å². The molecule has 3 aromatic rings. The number of aliphatic hydroxyl groups is 1. The van der Waals surface area contributed by atoms with Crippen molar-refractivity contribution in [1.29, 1.82) is 0 Å². The van der Waals surface area contributed by atoms with Crippen LogP contribution in [0.5, 0.6) is 23.0 Å². The van der Waals surface area contributed by atoms with Crippen LogP contribution < -0.4 is 9.47 Å². The number of likely N-dealkylation sites (tertiary alicyclic amines) is 1. The van der Waals surface area contributed by atoms with Gasteiger partial charge in [-0.3, -0.25) is 4.90 Å². The molecule has 6 nitrogen and oxygen atoms in total. The largest absolute Gasteiger partial charge is 0.508 e. The van der Waals surface area contributed by atoms with Gasteiger partial charge in [-0.1, -0.05) is 37.6 Å². The Morgan fingerprint density at radius 3 is 2.47 bits per heavy atom. The molecular weight excluding hydrogens is 454 g/mol. The summed E-state index contributed by atoms with van der Waals surface area (Å²) in [6, 6.07) is 18.3. The van der Waals surface area contributed by atoms with E-state index in [0.29, 0.717) is 17.9 Å². The predicted octanol–water partition coefficient (Wildman–Crippen LogP) is 5.38. The third kappa shape index (κ3) is 4.79. The van der Waals surface area contributed by atoms with Crippen molar-refractivity contribution >= 4 is 11.1 Å². The summed E-state index contributed by atoms with van der Waals surface area (Å²) >= 11 is 0. The minimum Gasteiger partial charge on any atom is -0.508 e. The molecule has 188 valence electrons. The van der Waals surface area contributed by atoms with Gasteiger partial charge in [0.2, 0.25) is 0 Å². The quantitative estimate of drug-likeness (QED) is 0.396. The molecule has 6 heteroatoms. The van der Waals surface area contributed by atoms with E-state index in [1.165, 1.54) is 19.5 Å². The number of aliphatic hydroxyl groups excluding tert-OH is 1. The maximum Gasteiger partial charge on any atom is 0.150 e. The number of nitrogens with zero attached hydrogens (tertiary/aromatic N) is 1. The Kier molecular flexibility index (Phi) is 6.90. The van der Waals surface area contributed by atoms with Crippen LogP contribution in [0, 0.1) is 5.92 Å². The lowest BCUT2D eigenvalue weighted by Gasteiger charge is -2.38. The number of hydrogen-bond donors (Lipinski definition) is 3. The van der Waals surface area contributed by atoms with Gasteiger partial charge in [-0.15, -0.1) is 0 Å². The normalized spacial score (nSPS) is 17.9. The standard InChI is InChI=1S/C30H33NO5/c1-3-20-16-31(17-20)12-13-35-25-9-6-21(7-10-25)30-29(22-4-5-23(18-32)27(34)14-22)19(2)26-15-24(33)8-11-28(26)36-30/h4-11,14-15,20,30,32-34H,3,12-13,16-18H2,1-2H3/t30-/m0/s1. The van der Waals surface area contributed by atoms with Crippen LogP contribution in [-0.4, -0.2) is 46.5 Å². The number of ether oxygens (including phenoxy) is 2. The van der Waals surface area contributed by atoms with Crippen LogP contribution in [0.2, 0.25) is 0 Å². The number of rotatable bonds is 8.